The van der Waals surface area contributed by atoms with Gasteiger partial charge in [-0.25, -0.2) is 16.8 Å². The van der Waals surface area contributed by atoms with Gasteiger partial charge in [0.25, 0.3) is 0 Å². The third kappa shape index (κ3) is 7.33. The van der Waals surface area contributed by atoms with Gasteiger partial charge in [-0.2, -0.15) is 4.31 Å². The summed E-state index contributed by atoms with van der Waals surface area (Å²) in [4.78, 5) is 0. The summed E-state index contributed by atoms with van der Waals surface area (Å²) in [7, 11) is -7.04. The van der Waals surface area contributed by atoms with Gasteiger partial charge in [0.1, 0.15) is 15.7 Å². The number of amidine groups is 1. The van der Waals surface area contributed by atoms with E-state index in [2.05, 4.69) is 5.16 Å². The number of oxime groups is 1. The second-order valence-corrected chi connectivity index (χ2v) is 8.79. The van der Waals surface area contributed by atoms with Crippen LogP contribution in [0.5, 0.6) is 0 Å². The van der Waals surface area contributed by atoms with Crippen LogP contribution >= 0.6 is 0 Å². The molecule has 8 nitrogen and oxygen atoms in total. The predicted octanol–water partition coefficient (Wildman–Crippen LogP) is -0.792. The predicted molar refractivity (Wildman–Crippen MR) is 73.4 cm³/mol. The molecule has 0 saturated carbocycles. The lowest BCUT2D eigenvalue weighted by atomic mass is 10.3. The largest absolute Gasteiger partial charge is 0.409 e. The molecule has 114 valence electrons. The van der Waals surface area contributed by atoms with Crippen molar-refractivity contribution in [3.8, 4) is 0 Å². The van der Waals surface area contributed by atoms with Gasteiger partial charge in [-0.15, -0.1) is 0 Å². The van der Waals surface area contributed by atoms with Crippen LogP contribution < -0.4 is 5.73 Å². The monoisotopic (exact) mass is 315 g/mol. The zero-order valence-corrected chi connectivity index (χ0v) is 12.9. The first-order valence-corrected chi connectivity index (χ1v) is 9.30. The normalized spacial score (nSPS) is 14.3. The molecule has 0 aromatic heterocycles. The van der Waals surface area contributed by atoms with Crippen LogP contribution in [0, 0.1) is 0 Å². The van der Waals surface area contributed by atoms with Gasteiger partial charge < -0.3 is 10.9 Å². The summed E-state index contributed by atoms with van der Waals surface area (Å²) in [5.74, 6) is -0.980. The minimum atomic E-state index is -3.70. The molecule has 0 aromatic carbocycles. The van der Waals surface area contributed by atoms with Gasteiger partial charge in [-0.05, 0) is 13.8 Å². The lowest BCUT2D eigenvalue weighted by Gasteiger charge is -2.25. The van der Waals surface area contributed by atoms with E-state index < -0.39 is 31.4 Å². The SMILES string of the molecule is CC(C)N(CCC(N)=NO)S(=O)(=O)CCS(C)(=O)=O. The molecular weight excluding hydrogens is 294 g/mol. The van der Waals surface area contributed by atoms with Gasteiger partial charge in [-0.1, -0.05) is 5.16 Å². The Morgan fingerprint density at radius 3 is 2.16 bits per heavy atom. The first-order chi connectivity index (χ1) is 8.49. The first-order valence-electron chi connectivity index (χ1n) is 5.63. The Hall–Kier alpha value is -0.870. The molecule has 0 heterocycles. The van der Waals surface area contributed by atoms with Gasteiger partial charge >= 0.3 is 0 Å². The minimum Gasteiger partial charge on any atom is -0.409 e. The molecule has 0 spiro atoms. The highest BCUT2D eigenvalue weighted by molar-refractivity contribution is 7.93. The van der Waals surface area contributed by atoms with Crippen molar-refractivity contribution in [2.45, 2.75) is 26.3 Å². The van der Waals surface area contributed by atoms with Crippen LogP contribution in [0.15, 0.2) is 5.16 Å². The quantitative estimate of drug-likeness (QED) is 0.261. The van der Waals surface area contributed by atoms with Crippen molar-refractivity contribution in [3.05, 3.63) is 0 Å². The fourth-order valence-corrected chi connectivity index (χ4v) is 4.67. The molecule has 0 aliphatic heterocycles. The van der Waals surface area contributed by atoms with Crippen molar-refractivity contribution in [3.63, 3.8) is 0 Å². The van der Waals surface area contributed by atoms with Crippen LogP contribution in [0.2, 0.25) is 0 Å². The maximum Gasteiger partial charge on any atom is 0.215 e. The van der Waals surface area contributed by atoms with Crippen LogP contribution in [0.25, 0.3) is 0 Å². The van der Waals surface area contributed by atoms with Crippen LogP contribution in [-0.2, 0) is 19.9 Å². The van der Waals surface area contributed by atoms with Crippen LogP contribution in [0.1, 0.15) is 20.3 Å². The molecule has 0 aliphatic carbocycles. The number of nitrogens with zero attached hydrogens (tertiary/aromatic N) is 2. The lowest BCUT2D eigenvalue weighted by Crippen LogP contribution is -2.41. The summed E-state index contributed by atoms with van der Waals surface area (Å²) >= 11 is 0. The van der Waals surface area contributed by atoms with Crippen molar-refractivity contribution < 1.29 is 22.0 Å². The van der Waals surface area contributed by atoms with E-state index in [-0.39, 0.29) is 24.8 Å². The maximum atomic E-state index is 12.0. The highest BCUT2D eigenvalue weighted by Gasteiger charge is 2.26. The Kier molecular flexibility index (Phi) is 6.73. The number of sulfonamides is 1. The first kappa shape index (κ1) is 18.1. The number of rotatable bonds is 8. The standard InChI is InChI=1S/C9H21N3O5S2/c1-8(2)12(5-4-9(10)11-13)19(16,17)7-6-18(3,14)15/h8,13H,4-7H2,1-3H3,(H2,10,11). The molecule has 0 unspecified atom stereocenters. The average Bonchev–Trinajstić information content (AvgIpc) is 2.24. The minimum absolute atomic E-state index is 0.0413. The van der Waals surface area contributed by atoms with E-state index in [9.17, 15) is 16.8 Å². The lowest BCUT2D eigenvalue weighted by molar-refractivity contribution is 0.313. The fraction of sp³-hybridized carbons (Fsp3) is 0.889. The van der Waals surface area contributed by atoms with E-state index in [0.717, 1.165) is 10.6 Å². The summed E-state index contributed by atoms with van der Waals surface area (Å²) in [6.45, 7) is 3.38. The Morgan fingerprint density at radius 2 is 1.79 bits per heavy atom. The molecule has 0 amide bonds. The third-order valence-corrected chi connectivity index (χ3v) is 5.61. The van der Waals surface area contributed by atoms with Crippen LogP contribution in [0.3, 0.4) is 0 Å². The van der Waals surface area contributed by atoms with Crippen LogP contribution in [-0.4, -0.2) is 62.5 Å². The van der Waals surface area contributed by atoms with Gasteiger partial charge in [0.2, 0.25) is 10.0 Å². The molecule has 0 rings (SSSR count). The van der Waals surface area contributed by atoms with Crippen molar-refractivity contribution in [2.24, 2.45) is 10.9 Å². The highest BCUT2D eigenvalue weighted by Crippen LogP contribution is 2.09. The van der Waals surface area contributed by atoms with E-state index in [1.54, 1.807) is 13.8 Å². The molecule has 0 fully saturated rings. The second-order valence-electron chi connectivity index (χ2n) is 4.49. The molecule has 3 N–H and O–H groups in total. The molecule has 0 aromatic rings. The van der Waals surface area contributed by atoms with Crippen molar-refractivity contribution in [1.29, 1.82) is 0 Å². The van der Waals surface area contributed by atoms with E-state index >= 15 is 0 Å². The van der Waals surface area contributed by atoms with Gasteiger partial charge in [-0.3, -0.25) is 0 Å². The molecule has 0 radical (unpaired) electrons. The summed E-state index contributed by atoms with van der Waals surface area (Å²) in [6, 6.07) is -0.337. The van der Waals surface area contributed by atoms with E-state index in [1.165, 1.54) is 0 Å². The Bertz CT molecular complexity index is 510. The second kappa shape index (κ2) is 7.06. The van der Waals surface area contributed by atoms with E-state index in [1.807, 2.05) is 0 Å². The Balaban J connectivity index is 4.87. The van der Waals surface area contributed by atoms with Crippen molar-refractivity contribution >= 4 is 25.7 Å². The number of hydrogen-bond acceptors (Lipinski definition) is 6. The highest BCUT2D eigenvalue weighted by atomic mass is 32.2. The third-order valence-electron chi connectivity index (χ3n) is 2.36. The summed E-state index contributed by atoms with van der Waals surface area (Å²) in [5, 5.41) is 11.2. The van der Waals surface area contributed by atoms with Gasteiger partial charge in [0.15, 0.2) is 0 Å². The smallest absolute Gasteiger partial charge is 0.215 e. The number of hydrogen-bond donors (Lipinski definition) is 2. The number of sulfone groups is 1. The molecule has 0 aliphatic rings. The summed E-state index contributed by atoms with van der Waals surface area (Å²) in [6.07, 6.45) is 1.06. The molecule has 0 atom stereocenters. The maximum absolute atomic E-state index is 12.0. The van der Waals surface area contributed by atoms with E-state index in [4.69, 9.17) is 10.9 Å². The van der Waals surface area contributed by atoms with Crippen molar-refractivity contribution in [1.82, 2.24) is 4.31 Å². The average molecular weight is 315 g/mol. The zero-order chi connectivity index (χ0) is 15.3. The topological polar surface area (TPSA) is 130 Å². The molecule has 0 bridgehead atoms. The molecule has 10 heteroatoms. The summed E-state index contributed by atoms with van der Waals surface area (Å²) in [5.41, 5.74) is 5.29. The Morgan fingerprint density at radius 1 is 1.26 bits per heavy atom. The molecule has 19 heavy (non-hydrogen) atoms. The number of nitrogens with two attached hydrogens (primary N) is 1. The molecular formula is C9H21N3O5S2. The van der Waals surface area contributed by atoms with Crippen LogP contribution in [0.4, 0.5) is 0 Å². The fourth-order valence-electron chi connectivity index (χ4n) is 1.37. The van der Waals surface area contributed by atoms with Gasteiger partial charge in [0, 0.05) is 25.3 Å². The molecule has 0 saturated heterocycles. The van der Waals surface area contributed by atoms with E-state index in [0.29, 0.717) is 0 Å². The zero-order valence-electron chi connectivity index (χ0n) is 11.3. The van der Waals surface area contributed by atoms with Crippen molar-refractivity contribution in [2.75, 3.05) is 24.3 Å². The summed E-state index contributed by atoms with van der Waals surface area (Å²) < 4.78 is 47.3. The Labute approximate surface area is 114 Å². The van der Waals surface area contributed by atoms with Gasteiger partial charge in [0.05, 0.1) is 11.5 Å².